The lowest BCUT2D eigenvalue weighted by atomic mass is 10.1. The first-order valence-electron chi connectivity index (χ1n) is 7.86. The molecule has 1 saturated heterocycles. The van der Waals surface area contributed by atoms with Crippen molar-refractivity contribution < 1.29 is 13.2 Å². The van der Waals surface area contributed by atoms with E-state index in [1.54, 1.807) is 24.3 Å². The van der Waals surface area contributed by atoms with E-state index < -0.39 is 10.0 Å². The maximum absolute atomic E-state index is 12.3. The predicted octanol–water partition coefficient (Wildman–Crippen LogP) is 0.644. The van der Waals surface area contributed by atoms with Gasteiger partial charge in [0.15, 0.2) is 0 Å². The molecule has 0 radical (unpaired) electrons. The molecule has 1 aliphatic heterocycles. The summed E-state index contributed by atoms with van der Waals surface area (Å²) < 4.78 is 25.2. The Balaban J connectivity index is 1.97. The maximum atomic E-state index is 12.3. The number of amides is 1. The molecule has 1 heterocycles. The van der Waals surface area contributed by atoms with E-state index in [9.17, 15) is 13.2 Å². The minimum atomic E-state index is -3.42. The Kier molecular flexibility index (Phi) is 5.78. The number of benzene rings is 1. The minimum absolute atomic E-state index is 0.101. The van der Waals surface area contributed by atoms with Gasteiger partial charge in [-0.3, -0.25) is 4.79 Å². The standard InChI is InChI=1S/C16H25N3O3S/c1-4-18-9-11-19(12-10-18)16(20)13-14-5-7-15(8-6-14)23(21,22)17(2)3/h5-8H,4,9-13H2,1-3H3. The molecule has 1 aromatic carbocycles. The van der Waals surface area contributed by atoms with Crippen molar-refractivity contribution >= 4 is 15.9 Å². The topological polar surface area (TPSA) is 60.9 Å². The summed E-state index contributed by atoms with van der Waals surface area (Å²) >= 11 is 0. The van der Waals surface area contributed by atoms with Gasteiger partial charge in [-0.15, -0.1) is 0 Å². The van der Waals surface area contributed by atoms with Crippen LogP contribution in [0, 0.1) is 0 Å². The van der Waals surface area contributed by atoms with Crippen molar-refractivity contribution in [1.82, 2.24) is 14.1 Å². The second kappa shape index (κ2) is 7.42. The molecule has 0 aromatic heterocycles. The molecule has 23 heavy (non-hydrogen) atoms. The smallest absolute Gasteiger partial charge is 0.242 e. The molecule has 0 unspecified atom stereocenters. The predicted molar refractivity (Wildman–Crippen MR) is 89.7 cm³/mol. The van der Waals surface area contributed by atoms with Crippen LogP contribution in [0.25, 0.3) is 0 Å². The Morgan fingerprint density at radius 2 is 1.65 bits per heavy atom. The molecule has 7 heteroatoms. The van der Waals surface area contributed by atoms with Crippen LogP contribution in [0.1, 0.15) is 12.5 Å². The highest BCUT2D eigenvalue weighted by Gasteiger charge is 2.21. The molecular formula is C16H25N3O3S. The number of nitrogens with zero attached hydrogens (tertiary/aromatic N) is 3. The van der Waals surface area contributed by atoms with Crippen LogP contribution in [-0.2, 0) is 21.2 Å². The summed E-state index contributed by atoms with van der Waals surface area (Å²) in [5.74, 6) is 0.101. The van der Waals surface area contributed by atoms with Gasteiger partial charge >= 0.3 is 0 Å². The number of sulfonamides is 1. The molecule has 0 N–H and O–H groups in total. The Morgan fingerprint density at radius 1 is 1.09 bits per heavy atom. The summed E-state index contributed by atoms with van der Waals surface area (Å²) in [6, 6.07) is 6.56. The van der Waals surface area contributed by atoms with E-state index in [1.807, 2.05) is 4.90 Å². The van der Waals surface area contributed by atoms with E-state index in [0.29, 0.717) is 6.42 Å². The SMILES string of the molecule is CCN1CCN(C(=O)Cc2ccc(S(=O)(=O)N(C)C)cc2)CC1. The lowest BCUT2D eigenvalue weighted by molar-refractivity contribution is -0.132. The molecule has 128 valence electrons. The molecule has 0 saturated carbocycles. The third kappa shape index (κ3) is 4.31. The van der Waals surface area contributed by atoms with Crippen molar-refractivity contribution in [3.05, 3.63) is 29.8 Å². The number of hydrogen-bond acceptors (Lipinski definition) is 4. The number of carbonyl (C=O) groups excluding carboxylic acids is 1. The zero-order valence-corrected chi connectivity index (χ0v) is 14.8. The highest BCUT2D eigenvalue weighted by atomic mass is 32.2. The van der Waals surface area contributed by atoms with Crippen molar-refractivity contribution in [2.75, 3.05) is 46.8 Å². The highest BCUT2D eigenvalue weighted by molar-refractivity contribution is 7.89. The van der Waals surface area contributed by atoms with Gasteiger partial charge in [-0.25, -0.2) is 12.7 Å². The molecule has 0 atom stereocenters. The van der Waals surface area contributed by atoms with Crippen LogP contribution in [0.15, 0.2) is 29.2 Å². The normalized spacial score (nSPS) is 16.8. The summed E-state index contributed by atoms with van der Waals surface area (Å²) in [4.78, 5) is 16.8. The number of hydrogen-bond donors (Lipinski definition) is 0. The lowest BCUT2D eigenvalue weighted by Gasteiger charge is -2.34. The first-order valence-corrected chi connectivity index (χ1v) is 9.30. The molecule has 6 nitrogen and oxygen atoms in total. The summed E-state index contributed by atoms with van der Waals surface area (Å²) in [6.07, 6.45) is 0.314. The molecule has 1 aromatic rings. The van der Waals surface area contributed by atoms with E-state index in [1.165, 1.54) is 18.4 Å². The monoisotopic (exact) mass is 339 g/mol. The van der Waals surface area contributed by atoms with E-state index in [2.05, 4.69) is 11.8 Å². The Morgan fingerprint density at radius 3 is 2.13 bits per heavy atom. The van der Waals surface area contributed by atoms with Crippen LogP contribution in [0.2, 0.25) is 0 Å². The Bertz CT molecular complexity index is 633. The average Bonchev–Trinajstić information content (AvgIpc) is 2.55. The van der Waals surface area contributed by atoms with E-state index >= 15 is 0 Å². The Labute approximate surface area is 138 Å². The fraction of sp³-hybridized carbons (Fsp3) is 0.562. The number of carbonyl (C=O) groups is 1. The molecule has 1 aliphatic rings. The second-order valence-corrected chi connectivity index (χ2v) is 8.08. The van der Waals surface area contributed by atoms with Gasteiger partial charge in [-0.2, -0.15) is 0 Å². The molecule has 0 aliphatic carbocycles. The van der Waals surface area contributed by atoms with Crippen molar-refractivity contribution in [1.29, 1.82) is 0 Å². The van der Waals surface area contributed by atoms with E-state index in [0.717, 1.165) is 38.3 Å². The third-order valence-electron chi connectivity index (χ3n) is 4.23. The zero-order chi connectivity index (χ0) is 17.0. The van der Waals surface area contributed by atoms with Crippen LogP contribution >= 0.6 is 0 Å². The maximum Gasteiger partial charge on any atom is 0.242 e. The van der Waals surface area contributed by atoms with Gasteiger partial charge in [-0.05, 0) is 24.2 Å². The summed E-state index contributed by atoms with van der Waals surface area (Å²) in [5, 5.41) is 0. The second-order valence-electron chi connectivity index (χ2n) is 5.92. The van der Waals surface area contributed by atoms with Crippen LogP contribution in [0.4, 0.5) is 0 Å². The van der Waals surface area contributed by atoms with Gasteiger partial charge in [0.05, 0.1) is 11.3 Å². The van der Waals surface area contributed by atoms with Gasteiger partial charge in [-0.1, -0.05) is 19.1 Å². The van der Waals surface area contributed by atoms with Crippen LogP contribution in [0.3, 0.4) is 0 Å². The molecule has 0 spiro atoms. The van der Waals surface area contributed by atoms with Crippen LogP contribution in [0.5, 0.6) is 0 Å². The Hall–Kier alpha value is -1.44. The molecule has 0 bridgehead atoms. The quantitative estimate of drug-likeness (QED) is 0.790. The fourth-order valence-electron chi connectivity index (χ4n) is 2.59. The molecular weight excluding hydrogens is 314 g/mol. The van der Waals surface area contributed by atoms with Crippen molar-refractivity contribution in [3.63, 3.8) is 0 Å². The average molecular weight is 339 g/mol. The van der Waals surface area contributed by atoms with E-state index in [-0.39, 0.29) is 10.8 Å². The number of rotatable bonds is 5. The molecule has 1 fully saturated rings. The van der Waals surface area contributed by atoms with Gasteiger partial charge in [0.1, 0.15) is 0 Å². The largest absolute Gasteiger partial charge is 0.340 e. The minimum Gasteiger partial charge on any atom is -0.340 e. The summed E-state index contributed by atoms with van der Waals surface area (Å²) in [7, 11) is -0.414. The van der Waals surface area contributed by atoms with Crippen molar-refractivity contribution in [2.24, 2.45) is 0 Å². The first-order chi connectivity index (χ1) is 10.8. The van der Waals surface area contributed by atoms with Gasteiger partial charge in [0.2, 0.25) is 15.9 Å². The van der Waals surface area contributed by atoms with Crippen molar-refractivity contribution in [2.45, 2.75) is 18.2 Å². The van der Waals surface area contributed by atoms with Gasteiger partial charge in [0, 0.05) is 40.3 Å². The van der Waals surface area contributed by atoms with Gasteiger partial charge < -0.3 is 9.80 Å². The third-order valence-corrected chi connectivity index (χ3v) is 6.06. The van der Waals surface area contributed by atoms with Gasteiger partial charge in [0.25, 0.3) is 0 Å². The summed E-state index contributed by atoms with van der Waals surface area (Å²) in [6.45, 7) is 6.51. The number of likely N-dealkylation sites (N-methyl/N-ethyl adjacent to an activating group) is 1. The molecule has 2 rings (SSSR count). The number of piperazine rings is 1. The van der Waals surface area contributed by atoms with E-state index in [4.69, 9.17) is 0 Å². The van der Waals surface area contributed by atoms with Crippen LogP contribution in [-0.4, -0.2) is 75.2 Å². The summed E-state index contributed by atoms with van der Waals surface area (Å²) in [5.41, 5.74) is 0.839. The highest BCUT2D eigenvalue weighted by Crippen LogP contribution is 2.15. The van der Waals surface area contributed by atoms with Crippen molar-refractivity contribution in [3.8, 4) is 0 Å². The fourth-order valence-corrected chi connectivity index (χ4v) is 3.49. The lowest BCUT2D eigenvalue weighted by Crippen LogP contribution is -2.48. The first kappa shape index (κ1) is 17.9. The van der Waals surface area contributed by atoms with Crippen LogP contribution < -0.4 is 0 Å². The molecule has 1 amide bonds. The zero-order valence-electron chi connectivity index (χ0n) is 14.0.